The van der Waals surface area contributed by atoms with E-state index in [4.69, 9.17) is 5.11 Å². The van der Waals surface area contributed by atoms with Gasteiger partial charge in [-0.25, -0.2) is 4.79 Å². The van der Waals surface area contributed by atoms with Crippen LogP contribution >= 0.6 is 0 Å². The van der Waals surface area contributed by atoms with E-state index < -0.39 is 12.0 Å². The molecule has 5 nitrogen and oxygen atoms in total. The minimum Gasteiger partial charge on any atom is -0.508 e. The van der Waals surface area contributed by atoms with Gasteiger partial charge in [0.2, 0.25) is 5.91 Å². The average molecular weight is 265 g/mol. The lowest BCUT2D eigenvalue weighted by atomic mass is 9.99. The molecule has 0 aliphatic heterocycles. The molecule has 1 aromatic rings. The van der Waals surface area contributed by atoms with Gasteiger partial charge in [-0.3, -0.25) is 4.79 Å². The van der Waals surface area contributed by atoms with Crippen LogP contribution in [0.1, 0.15) is 25.8 Å². The molecule has 1 aromatic carbocycles. The van der Waals surface area contributed by atoms with Crippen molar-refractivity contribution in [3.63, 3.8) is 0 Å². The number of carboxylic acid groups (broad SMARTS) is 1. The van der Waals surface area contributed by atoms with Crippen LogP contribution in [-0.4, -0.2) is 28.1 Å². The Morgan fingerprint density at radius 2 is 2.05 bits per heavy atom. The molecule has 0 bridgehead atoms. The van der Waals surface area contributed by atoms with E-state index >= 15 is 0 Å². The Hall–Kier alpha value is -2.04. The number of phenolic OH excluding ortho intramolecular Hbond substituents is 1. The molecule has 1 unspecified atom stereocenters. The van der Waals surface area contributed by atoms with E-state index in [1.54, 1.807) is 19.1 Å². The third-order valence-electron chi connectivity index (χ3n) is 3.07. The lowest BCUT2D eigenvalue weighted by molar-refractivity contribution is -0.143. The largest absolute Gasteiger partial charge is 0.508 e. The SMILES string of the molecule is CCC(C)[C@H](NC(=O)Cc1cccc(O)c1)C(=O)O. The van der Waals surface area contributed by atoms with Gasteiger partial charge in [0, 0.05) is 0 Å². The molecule has 3 N–H and O–H groups in total. The zero-order valence-corrected chi connectivity index (χ0v) is 11.1. The highest BCUT2D eigenvalue weighted by atomic mass is 16.4. The Morgan fingerprint density at radius 3 is 2.58 bits per heavy atom. The highest BCUT2D eigenvalue weighted by molar-refractivity contribution is 5.85. The molecule has 0 saturated carbocycles. The molecule has 0 heterocycles. The van der Waals surface area contributed by atoms with Crippen molar-refractivity contribution in [2.75, 3.05) is 0 Å². The van der Waals surface area contributed by atoms with Gasteiger partial charge in [0.25, 0.3) is 0 Å². The maximum Gasteiger partial charge on any atom is 0.326 e. The number of amides is 1. The van der Waals surface area contributed by atoms with E-state index in [2.05, 4.69) is 5.32 Å². The quantitative estimate of drug-likeness (QED) is 0.728. The van der Waals surface area contributed by atoms with Gasteiger partial charge in [0.15, 0.2) is 0 Å². The van der Waals surface area contributed by atoms with Gasteiger partial charge in [-0.15, -0.1) is 0 Å². The highest BCUT2D eigenvalue weighted by Crippen LogP contribution is 2.12. The number of aromatic hydroxyl groups is 1. The number of carbonyl (C=O) groups excluding carboxylic acids is 1. The summed E-state index contributed by atoms with van der Waals surface area (Å²) < 4.78 is 0. The van der Waals surface area contributed by atoms with E-state index in [1.165, 1.54) is 12.1 Å². The minimum absolute atomic E-state index is 0.0502. The third kappa shape index (κ3) is 4.62. The fraction of sp³-hybridized carbons (Fsp3) is 0.429. The van der Waals surface area contributed by atoms with Crippen LogP contribution in [0, 0.1) is 5.92 Å². The zero-order valence-electron chi connectivity index (χ0n) is 11.1. The van der Waals surface area contributed by atoms with Crippen molar-refractivity contribution >= 4 is 11.9 Å². The molecule has 1 amide bonds. The number of benzene rings is 1. The van der Waals surface area contributed by atoms with Gasteiger partial charge in [0.05, 0.1) is 6.42 Å². The third-order valence-corrected chi connectivity index (χ3v) is 3.07. The predicted octanol–water partition coefficient (Wildman–Crippen LogP) is 1.55. The number of hydrogen-bond donors (Lipinski definition) is 3. The minimum atomic E-state index is -1.03. The van der Waals surface area contributed by atoms with E-state index in [-0.39, 0.29) is 24.0 Å². The van der Waals surface area contributed by atoms with Crippen LogP contribution in [0.4, 0.5) is 0 Å². The second-order valence-corrected chi connectivity index (χ2v) is 4.62. The summed E-state index contributed by atoms with van der Waals surface area (Å²) in [6.45, 7) is 3.66. The summed E-state index contributed by atoms with van der Waals surface area (Å²) in [6.07, 6.45) is 0.720. The van der Waals surface area contributed by atoms with Crippen LogP contribution in [0.2, 0.25) is 0 Å². The normalized spacial score (nSPS) is 13.6. The standard InChI is InChI=1S/C14H19NO4/c1-3-9(2)13(14(18)19)15-12(17)8-10-5-4-6-11(16)7-10/h4-7,9,13,16H,3,8H2,1-2H3,(H,15,17)(H,18,19)/t9?,13-/m0/s1. The Morgan fingerprint density at radius 1 is 1.37 bits per heavy atom. The fourth-order valence-corrected chi connectivity index (χ4v) is 1.76. The fourth-order valence-electron chi connectivity index (χ4n) is 1.76. The summed E-state index contributed by atoms with van der Waals surface area (Å²) in [6, 6.07) is 5.47. The maximum atomic E-state index is 11.8. The molecule has 0 radical (unpaired) electrons. The van der Waals surface area contributed by atoms with Crippen molar-refractivity contribution in [2.24, 2.45) is 5.92 Å². The molecule has 0 saturated heterocycles. The molecule has 5 heteroatoms. The summed E-state index contributed by atoms with van der Waals surface area (Å²) in [5.74, 6) is -1.44. The maximum absolute atomic E-state index is 11.8. The van der Waals surface area contributed by atoms with Crippen molar-refractivity contribution in [2.45, 2.75) is 32.7 Å². The first kappa shape index (κ1) is 15.0. The van der Waals surface area contributed by atoms with Crippen LogP contribution in [0.25, 0.3) is 0 Å². The Balaban J connectivity index is 2.65. The molecule has 0 aliphatic carbocycles. The van der Waals surface area contributed by atoms with Crippen LogP contribution in [0.5, 0.6) is 5.75 Å². The summed E-state index contributed by atoms with van der Waals surface area (Å²) in [4.78, 5) is 22.9. The Labute approximate surface area is 112 Å². The summed E-state index contributed by atoms with van der Waals surface area (Å²) in [7, 11) is 0. The second kappa shape index (κ2) is 6.78. The van der Waals surface area contributed by atoms with E-state index in [9.17, 15) is 14.7 Å². The Bertz CT molecular complexity index is 459. The molecule has 0 spiro atoms. The van der Waals surface area contributed by atoms with Crippen molar-refractivity contribution in [3.8, 4) is 5.75 Å². The predicted molar refractivity (Wildman–Crippen MR) is 70.8 cm³/mol. The summed E-state index contributed by atoms with van der Waals surface area (Å²) >= 11 is 0. The molecule has 19 heavy (non-hydrogen) atoms. The Kier molecular flexibility index (Phi) is 5.36. The van der Waals surface area contributed by atoms with Gasteiger partial charge in [-0.05, 0) is 23.6 Å². The smallest absolute Gasteiger partial charge is 0.326 e. The first-order valence-corrected chi connectivity index (χ1v) is 6.24. The number of nitrogens with one attached hydrogen (secondary N) is 1. The molecular weight excluding hydrogens is 246 g/mol. The summed E-state index contributed by atoms with van der Waals surface area (Å²) in [5.41, 5.74) is 0.644. The molecule has 0 fully saturated rings. The number of phenols is 1. The molecule has 104 valence electrons. The van der Waals surface area contributed by atoms with Gasteiger partial charge in [0.1, 0.15) is 11.8 Å². The molecule has 0 aromatic heterocycles. The molecule has 2 atom stereocenters. The molecular formula is C14H19NO4. The van der Waals surface area contributed by atoms with E-state index in [0.717, 1.165) is 0 Å². The first-order valence-electron chi connectivity index (χ1n) is 6.24. The van der Waals surface area contributed by atoms with Crippen molar-refractivity contribution < 1.29 is 19.8 Å². The topological polar surface area (TPSA) is 86.6 Å². The van der Waals surface area contributed by atoms with Gasteiger partial charge in [-0.2, -0.15) is 0 Å². The number of rotatable bonds is 6. The summed E-state index contributed by atoms with van der Waals surface area (Å²) in [5, 5.41) is 20.9. The zero-order chi connectivity index (χ0) is 14.4. The van der Waals surface area contributed by atoms with Crippen molar-refractivity contribution in [3.05, 3.63) is 29.8 Å². The van der Waals surface area contributed by atoms with Crippen LogP contribution in [-0.2, 0) is 16.0 Å². The second-order valence-electron chi connectivity index (χ2n) is 4.62. The number of carbonyl (C=O) groups is 2. The monoisotopic (exact) mass is 265 g/mol. The van der Waals surface area contributed by atoms with Crippen LogP contribution in [0.15, 0.2) is 24.3 Å². The highest BCUT2D eigenvalue weighted by Gasteiger charge is 2.25. The van der Waals surface area contributed by atoms with E-state index in [1.807, 2.05) is 6.92 Å². The van der Waals surface area contributed by atoms with Gasteiger partial charge in [-0.1, -0.05) is 32.4 Å². The van der Waals surface area contributed by atoms with Crippen molar-refractivity contribution in [1.82, 2.24) is 5.32 Å². The number of carboxylic acids is 1. The molecule has 0 aliphatic rings. The number of hydrogen-bond acceptors (Lipinski definition) is 3. The number of aliphatic carboxylic acids is 1. The first-order chi connectivity index (χ1) is 8.93. The lowest BCUT2D eigenvalue weighted by Gasteiger charge is -2.20. The van der Waals surface area contributed by atoms with Crippen LogP contribution in [0.3, 0.4) is 0 Å². The van der Waals surface area contributed by atoms with Gasteiger partial charge < -0.3 is 15.5 Å². The van der Waals surface area contributed by atoms with Gasteiger partial charge >= 0.3 is 5.97 Å². The van der Waals surface area contributed by atoms with Crippen molar-refractivity contribution in [1.29, 1.82) is 0 Å². The van der Waals surface area contributed by atoms with E-state index in [0.29, 0.717) is 12.0 Å². The lowest BCUT2D eigenvalue weighted by Crippen LogP contribution is -2.45. The average Bonchev–Trinajstić information content (AvgIpc) is 2.34. The molecule has 1 rings (SSSR count). The van der Waals surface area contributed by atoms with Crippen LogP contribution < -0.4 is 5.32 Å².